The van der Waals surface area contributed by atoms with Gasteiger partial charge in [-0.05, 0) is 37.1 Å². The molecule has 0 aliphatic rings. The van der Waals surface area contributed by atoms with E-state index in [0.29, 0.717) is 13.2 Å². The second-order valence-electron chi connectivity index (χ2n) is 6.20. The number of para-hydroxylation sites is 4. The molecular formula is C21H25N3O3. The lowest BCUT2D eigenvalue weighted by Crippen LogP contribution is -2.14. The molecule has 0 unspecified atom stereocenters. The van der Waals surface area contributed by atoms with Crippen molar-refractivity contribution in [2.24, 2.45) is 0 Å². The molecule has 1 amide bonds. The Hall–Kier alpha value is -3.02. The van der Waals surface area contributed by atoms with Crippen LogP contribution in [0.5, 0.6) is 11.5 Å². The van der Waals surface area contributed by atoms with Crippen LogP contribution in [0.2, 0.25) is 0 Å². The van der Waals surface area contributed by atoms with Gasteiger partial charge in [0.25, 0.3) is 0 Å². The topological polar surface area (TPSA) is 65.4 Å². The number of hydrogen-bond acceptors (Lipinski definition) is 4. The molecular weight excluding hydrogens is 342 g/mol. The van der Waals surface area contributed by atoms with Crippen molar-refractivity contribution in [1.82, 2.24) is 14.9 Å². The van der Waals surface area contributed by atoms with E-state index in [0.717, 1.165) is 60.6 Å². The van der Waals surface area contributed by atoms with E-state index >= 15 is 0 Å². The molecule has 3 rings (SSSR count). The summed E-state index contributed by atoms with van der Waals surface area (Å²) in [4.78, 5) is 15.2. The zero-order valence-corrected chi connectivity index (χ0v) is 15.6. The summed E-state index contributed by atoms with van der Waals surface area (Å²) in [6.07, 6.45) is 3.28. The van der Waals surface area contributed by atoms with Crippen molar-refractivity contribution >= 4 is 17.4 Å². The number of benzene rings is 2. The predicted octanol–water partition coefficient (Wildman–Crippen LogP) is 3.19. The second kappa shape index (κ2) is 9.62. The van der Waals surface area contributed by atoms with Crippen molar-refractivity contribution in [3.05, 3.63) is 54.4 Å². The van der Waals surface area contributed by atoms with Crippen molar-refractivity contribution in [2.75, 3.05) is 20.3 Å². The maximum atomic E-state index is 10.4. The van der Waals surface area contributed by atoms with Crippen LogP contribution in [-0.2, 0) is 17.8 Å². The van der Waals surface area contributed by atoms with Crippen LogP contribution in [-0.4, -0.2) is 36.2 Å². The van der Waals surface area contributed by atoms with Gasteiger partial charge in [0.15, 0.2) is 11.5 Å². The Kier molecular flexibility index (Phi) is 6.68. The Bertz CT molecular complexity index is 876. The summed E-state index contributed by atoms with van der Waals surface area (Å²) in [5.41, 5.74) is 2.13. The summed E-state index contributed by atoms with van der Waals surface area (Å²) in [6.45, 7) is 2.08. The lowest BCUT2D eigenvalue weighted by atomic mass is 10.3. The molecule has 3 aromatic rings. The van der Waals surface area contributed by atoms with E-state index in [2.05, 4.69) is 16.0 Å². The highest BCUT2D eigenvalue weighted by atomic mass is 16.5. The van der Waals surface area contributed by atoms with Gasteiger partial charge in [0.05, 0.1) is 24.8 Å². The normalized spacial score (nSPS) is 10.7. The van der Waals surface area contributed by atoms with Crippen LogP contribution in [0.1, 0.15) is 18.7 Å². The number of ether oxygens (including phenoxy) is 2. The highest BCUT2D eigenvalue weighted by Gasteiger charge is 2.10. The van der Waals surface area contributed by atoms with Gasteiger partial charge in [-0.25, -0.2) is 4.98 Å². The Morgan fingerprint density at radius 3 is 2.67 bits per heavy atom. The Morgan fingerprint density at radius 1 is 1.07 bits per heavy atom. The van der Waals surface area contributed by atoms with Gasteiger partial charge in [-0.15, -0.1) is 0 Å². The maximum absolute atomic E-state index is 10.4. The molecule has 27 heavy (non-hydrogen) atoms. The van der Waals surface area contributed by atoms with E-state index < -0.39 is 0 Å². The summed E-state index contributed by atoms with van der Waals surface area (Å²) < 4.78 is 13.5. The molecule has 0 aliphatic heterocycles. The number of aromatic nitrogens is 2. The molecule has 0 radical (unpaired) electrons. The first kappa shape index (κ1) is 18.8. The standard InChI is InChI=1S/C21H25N3O3/c1-26-19-10-4-5-11-20(19)27-15-7-14-24-18-9-3-2-8-17(18)23-21(24)12-6-13-22-16-25/h2-5,8-11,16H,6-7,12-15H2,1H3,(H,22,25). The van der Waals surface area contributed by atoms with Crippen LogP contribution in [0.15, 0.2) is 48.5 Å². The van der Waals surface area contributed by atoms with Crippen molar-refractivity contribution in [2.45, 2.75) is 25.8 Å². The average Bonchev–Trinajstić information content (AvgIpc) is 3.06. The fourth-order valence-corrected chi connectivity index (χ4v) is 3.12. The van der Waals surface area contributed by atoms with Gasteiger partial charge >= 0.3 is 0 Å². The number of rotatable bonds is 11. The third kappa shape index (κ3) is 4.78. The van der Waals surface area contributed by atoms with Gasteiger partial charge in [0, 0.05) is 19.5 Å². The number of methoxy groups -OCH3 is 1. The summed E-state index contributed by atoms with van der Waals surface area (Å²) in [6, 6.07) is 15.8. The van der Waals surface area contributed by atoms with E-state index in [1.54, 1.807) is 7.11 Å². The Morgan fingerprint density at radius 2 is 1.85 bits per heavy atom. The number of amides is 1. The number of fused-ring (bicyclic) bond motifs is 1. The molecule has 0 fully saturated rings. The van der Waals surface area contributed by atoms with Gasteiger partial charge in [-0.3, -0.25) is 4.79 Å². The first-order valence-corrected chi connectivity index (χ1v) is 9.20. The molecule has 1 N–H and O–H groups in total. The number of aryl methyl sites for hydroxylation is 2. The molecule has 1 heterocycles. The van der Waals surface area contributed by atoms with Gasteiger partial charge in [-0.2, -0.15) is 0 Å². The first-order chi connectivity index (χ1) is 13.3. The lowest BCUT2D eigenvalue weighted by molar-refractivity contribution is -0.109. The number of carbonyl (C=O) groups excluding carboxylic acids is 1. The van der Waals surface area contributed by atoms with Crippen molar-refractivity contribution in [3.8, 4) is 11.5 Å². The number of nitrogens with zero attached hydrogens (tertiary/aromatic N) is 2. The fourth-order valence-electron chi connectivity index (χ4n) is 3.12. The molecule has 142 valence electrons. The molecule has 0 saturated carbocycles. The smallest absolute Gasteiger partial charge is 0.207 e. The molecule has 0 spiro atoms. The van der Waals surface area contributed by atoms with Crippen molar-refractivity contribution in [1.29, 1.82) is 0 Å². The first-order valence-electron chi connectivity index (χ1n) is 9.20. The molecule has 1 aromatic heterocycles. The monoisotopic (exact) mass is 367 g/mol. The van der Waals surface area contributed by atoms with E-state index in [4.69, 9.17) is 14.5 Å². The average molecular weight is 367 g/mol. The third-order valence-electron chi connectivity index (χ3n) is 4.39. The highest BCUT2D eigenvalue weighted by Crippen LogP contribution is 2.26. The number of nitrogens with one attached hydrogen (secondary N) is 1. The quantitative estimate of drug-likeness (QED) is 0.418. The molecule has 0 saturated heterocycles. The Labute approximate surface area is 159 Å². The molecule has 0 bridgehead atoms. The molecule has 0 atom stereocenters. The fraction of sp³-hybridized carbons (Fsp3) is 0.333. The molecule has 6 nitrogen and oxygen atoms in total. The summed E-state index contributed by atoms with van der Waals surface area (Å²) in [7, 11) is 1.64. The zero-order chi connectivity index (χ0) is 18.9. The highest BCUT2D eigenvalue weighted by molar-refractivity contribution is 5.75. The van der Waals surface area contributed by atoms with Crippen LogP contribution >= 0.6 is 0 Å². The van der Waals surface area contributed by atoms with E-state index in [1.807, 2.05) is 42.5 Å². The maximum Gasteiger partial charge on any atom is 0.207 e. The molecule has 0 aliphatic carbocycles. The van der Waals surface area contributed by atoms with Crippen LogP contribution < -0.4 is 14.8 Å². The zero-order valence-electron chi connectivity index (χ0n) is 15.6. The number of hydrogen-bond donors (Lipinski definition) is 1. The van der Waals surface area contributed by atoms with Gasteiger partial charge in [0.2, 0.25) is 6.41 Å². The van der Waals surface area contributed by atoms with Crippen molar-refractivity contribution in [3.63, 3.8) is 0 Å². The largest absolute Gasteiger partial charge is 0.493 e. The van der Waals surface area contributed by atoms with Crippen LogP contribution in [0.4, 0.5) is 0 Å². The summed E-state index contributed by atoms with van der Waals surface area (Å²) in [5, 5.41) is 2.70. The number of carbonyl (C=O) groups is 1. The Balaban J connectivity index is 1.63. The van der Waals surface area contributed by atoms with Crippen LogP contribution in [0, 0.1) is 0 Å². The summed E-state index contributed by atoms with van der Waals surface area (Å²) in [5.74, 6) is 2.55. The molecule has 2 aromatic carbocycles. The van der Waals surface area contributed by atoms with E-state index in [1.165, 1.54) is 0 Å². The lowest BCUT2D eigenvalue weighted by Gasteiger charge is -2.12. The SMILES string of the molecule is COc1ccccc1OCCCn1c(CCCNC=O)nc2ccccc21. The number of imidazole rings is 1. The molecule has 6 heteroatoms. The third-order valence-corrected chi connectivity index (χ3v) is 4.39. The second-order valence-corrected chi connectivity index (χ2v) is 6.20. The van der Waals surface area contributed by atoms with Gasteiger partial charge in [-0.1, -0.05) is 24.3 Å². The van der Waals surface area contributed by atoms with E-state index in [9.17, 15) is 4.79 Å². The summed E-state index contributed by atoms with van der Waals surface area (Å²) >= 11 is 0. The van der Waals surface area contributed by atoms with E-state index in [-0.39, 0.29) is 0 Å². The minimum absolute atomic E-state index is 0.596. The van der Waals surface area contributed by atoms with Gasteiger partial charge < -0.3 is 19.4 Å². The van der Waals surface area contributed by atoms with Crippen LogP contribution in [0.25, 0.3) is 11.0 Å². The van der Waals surface area contributed by atoms with Gasteiger partial charge in [0.1, 0.15) is 5.82 Å². The minimum atomic E-state index is 0.596. The van der Waals surface area contributed by atoms with Crippen LogP contribution in [0.3, 0.4) is 0 Å². The minimum Gasteiger partial charge on any atom is -0.493 e. The predicted molar refractivity (Wildman–Crippen MR) is 105 cm³/mol. The van der Waals surface area contributed by atoms with Crippen molar-refractivity contribution < 1.29 is 14.3 Å².